The average Bonchev–Trinajstić information content (AvgIpc) is 3.14. The Hall–Kier alpha value is -2.61. The molecular weight excluding hydrogens is 438 g/mol. The first kappa shape index (κ1) is 20.7. The summed E-state index contributed by atoms with van der Waals surface area (Å²) in [6, 6.07) is 14.8. The number of carbonyl (C=O) groups is 1. The van der Waals surface area contributed by atoms with Gasteiger partial charge >= 0.3 is 0 Å². The summed E-state index contributed by atoms with van der Waals surface area (Å²) in [7, 11) is 0. The molecule has 0 aliphatic rings. The van der Waals surface area contributed by atoms with E-state index in [1.165, 1.54) is 23.1 Å². The molecule has 2 aromatic heterocycles. The first-order valence-electron chi connectivity index (χ1n) is 9.18. The summed E-state index contributed by atoms with van der Waals surface area (Å²) in [5, 5.41) is 5.71. The number of carbonyl (C=O) groups excluding carboxylic acids is 1. The molecule has 152 valence electrons. The minimum atomic E-state index is -0.200. The zero-order valence-electron chi connectivity index (χ0n) is 16.3. The van der Waals surface area contributed by atoms with Crippen molar-refractivity contribution in [1.29, 1.82) is 0 Å². The maximum atomic E-state index is 13.2. The van der Waals surface area contributed by atoms with Gasteiger partial charge in [0, 0.05) is 10.7 Å². The number of aromatic nitrogens is 2. The topological polar surface area (TPSA) is 64.0 Å². The lowest BCUT2D eigenvalue weighted by atomic mass is 10.1. The quantitative estimate of drug-likeness (QED) is 0.321. The van der Waals surface area contributed by atoms with Gasteiger partial charge in [0.15, 0.2) is 5.16 Å². The number of hydrogen-bond acceptors (Lipinski definition) is 5. The standard InChI is InChI=1S/C22H18ClN3O2S2/c1-13-8-14(2)10-17(9-13)26-21(28)20-18(6-7-29-20)25-22(26)30-12-19(27)24-16-5-3-4-15(23)11-16/h3-11H,12H2,1-2H3,(H,24,27). The van der Waals surface area contributed by atoms with Gasteiger partial charge in [0.1, 0.15) is 4.70 Å². The fourth-order valence-corrected chi connectivity index (χ4v) is 4.95. The van der Waals surface area contributed by atoms with Crippen LogP contribution in [0.4, 0.5) is 5.69 Å². The second kappa shape index (κ2) is 8.63. The molecule has 0 aliphatic heterocycles. The highest BCUT2D eigenvalue weighted by molar-refractivity contribution is 7.99. The van der Waals surface area contributed by atoms with Gasteiger partial charge in [-0.2, -0.15) is 0 Å². The molecule has 0 saturated carbocycles. The van der Waals surface area contributed by atoms with E-state index in [-0.39, 0.29) is 17.2 Å². The largest absolute Gasteiger partial charge is 0.325 e. The molecule has 0 bridgehead atoms. The SMILES string of the molecule is Cc1cc(C)cc(-n2c(SCC(=O)Nc3cccc(Cl)c3)nc3ccsc3c2=O)c1. The van der Waals surface area contributed by atoms with Gasteiger partial charge in [0.25, 0.3) is 5.56 Å². The summed E-state index contributed by atoms with van der Waals surface area (Å²) >= 11 is 8.57. The molecule has 1 N–H and O–H groups in total. The van der Waals surface area contributed by atoms with Crippen LogP contribution in [0.5, 0.6) is 0 Å². The third-order valence-corrected chi connectivity index (χ3v) is 6.42. The summed E-state index contributed by atoms with van der Waals surface area (Å²) in [5.41, 5.74) is 4.00. The van der Waals surface area contributed by atoms with Crippen LogP contribution in [-0.2, 0) is 4.79 Å². The lowest BCUT2D eigenvalue weighted by Gasteiger charge is -2.13. The van der Waals surface area contributed by atoms with Gasteiger partial charge in [-0.15, -0.1) is 11.3 Å². The molecule has 0 fully saturated rings. The Labute approximate surface area is 186 Å². The number of hydrogen-bond donors (Lipinski definition) is 1. The van der Waals surface area contributed by atoms with Crippen molar-refractivity contribution < 1.29 is 4.79 Å². The highest BCUT2D eigenvalue weighted by atomic mass is 35.5. The van der Waals surface area contributed by atoms with Crippen LogP contribution >= 0.6 is 34.7 Å². The van der Waals surface area contributed by atoms with Gasteiger partial charge in [0.05, 0.1) is 17.0 Å². The second-order valence-electron chi connectivity index (χ2n) is 6.86. The Balaban J connectivity index is 1.67. The van der Waals surface area contributed by atoms with Crippen molar-refractivity contribution in [2.24, 2.45) is 0 Å². The first-order valence-corrected chi connectivity index (χ1v) is 11.4. The summed E-state index contributed by atoms with van der Waals surface area (Å²) in [4.78, 5) is 30.3. The van der Waals surface area contributed by atoms with Gasteiger partial charge in [-0.1, -0.05) is 35.5 Å². The molecule has 0 radical (unpaired) electrons. The molecule has 0 spiro atoms. The number of thiophene rings is 1. The number of halogens is 1. The zero-order valence-corrected chi connectivity index (χ0v) is 18.7. The zero-order chi connectivity index (χ0) is 21.3. The molecule has 8 heteroatoms. The fourth-order valence-electron chi connectivity index (χ4n) is 3.19. The summed E-state index contributed by atoms with van der Waals surface area (Å²) in [6.45, 7) is 3.98. The molecule has 4 aromatic rings. The highest BCUT2D eigenvalue weighted by Crippen LogP contribution is 2.25. The molecule has 1 amide bonds. The lowest BCUT2D eigenvalue weighted by molar-refractivity contribution is -0.113. The molecular formula is C22H18ClN3O2S2. The van der Waals surface area contributed by atoms with Gasteiger partial charge in [0.2, 0.25) is 5.91 Å². The molecule has 4 rings (SSSR count). The van der Waals surface area contributed by atoms with E-state index in [0.717, 1.165) is 16.8 Å². The first-order chi connectivity index (χ1) is 14.4. The number of nitrogens with zero attached hydrogens (tertiary/aromatic N) is 2. The average molecular weight is 456 g/mol. The van der Waals surface area contributed by atoms with Crippen molar-refractivity contribution in [3.8, 4) is 5.69 Å². The van der Waals surface area contributed by atoms with Crippen LogP contribution in [0.2, 0.25) is 5.02 Å². The molecule has 0 aliphatic carbocycles. The molecule has 0 saturated heterocycles. The van der Waals surface area contributed by atoms with E-state index >= 15 is 0 Å². The fraction of sp³-hybridized carbons (Fsp3) is 0.136. The third-order valence-electron chi connectivity index (χ3n) is 4.35. The second-order valence-corrected chi connectivity index (χ2v) is 9.16. The Bertz CT molecular complexity index is 1290. The van der Waals surface area contributed by atoms with E-state index in [9.17, 15) is 9.59 Å². The molecule has 2 heterocycles. The van der Waals surface area contributed by atoms with E-state index in [1.54, 1.807) is 28.8 Å². The van der Waals surface area contributed by atoms with Gasteiger partial charge in [-0.05, 0) is 66.8 Å². The molecule has 2 aromatic carbocycles. The van der Waals surface area contributed by atoms with Crippen molar-refractivity contribution in [3.63, 3.8) is 0 Å². The monoisotopic (exact) mass is 455 g/mol. The Morgan fingerprint density at radius 1 is 1.17 bits per heavy atom. The van der Waals surface area contributed by atoms with E-state index in [2.05, 4.69) is 16.4 Å². The normalized spacial score (nSPS) is 11.0. The maximum Gasteiger partial charge on any atom is 0.276 e. The molecule has 0 atom stereocenters. The maximum absolute atomic E-state index is 13.2. The smallest absolute Gasteiger partial charge is 0.276 e. The number of amides is 1. The van der Waals surface area contributed by atoms with Gasteiger partial charge in [-0.25, -0.2) is 4.98 Å². The molecule has 5 nitrogen and oxygen atoms in total. The van der Waals surface area contributed by atoms with Gasteiger partial charge < -0.3 is 5.32 Å². The number of anilines is 1. The van der Waals surface area contributed by atoms with Crippen LogP contribution in [0, 0.1) is 13.8 Å². The Kier molecular flexibility index (Phi) is 5.94. The minimum absolute atomic E-state index is 0.111. The number of fused-ring (bicyclic) bond motifs is 1. The van der Waals surface area contributed by atoms with E-state index in [0.29, 0.717) is 26.1 Å². The number of nitrogens with one attached hydrogen (secondary N) is 1. The molecule has 30 heavy (non-hydrogen) atoms. The van der Waals surface area contributed by atoms with Gasteiger partial charge in [-0.3, -0.25) is 14.2 Å². The predicted octanol–water partition coefficient (Wildman–Crippen LogP) is 5.45. The van der Waals surface area contributed by atoms with Crippen molar-refractivity contribution in [2.45, 2.75) is 19.0 Å². The van der Waals surface area contributed by atoms with Crippen molar-refractivity contribution in [2.75, 3.05) is 11.1 Å². The summed E-state index contributed by atoms with van der Waals surface area (Å²) in [6.07, 6.45) is 0. The predicted molar refractivity (Wildman–Crippen MR) is 125 cm³/mol. The minimum Gasteiger partial charge on any atom is -0.325 e. The lowest BCUT2D eigenvalue weighted by Crippen LogP contribution is -2.22. The van der Waals surface area contributed by atoms with Crippen LogP contribution in [0.3, 0.4) is 0 Å². The highest BCUT2D eigenvalue weighted by Gasteiger charge is 2.16. The van der Waals surface area contributed by atoms with E-state index < -0.39 is 0 Å². The van der Waals surface area contributed by atoms with Crippen molar-refractivity contribution in [1.82, 2.24) is 9.55 Å². The van der Waals surface area contributed by atoms with E-state index in [4.69, 9.17) is 11.6 Å². The number of thioether (sulfide) groups is 1. The van der Waals surface area contributed by atoms with Crippen molar-refractivity contribution >= 4 is 56.5 Å². The van der Waals surface area contributed by atoms with Crippen LogP contribution in [-0.4, -0.2) is 21.2 Å². The number of aryl methyl sites for hydroxylation is 2. The van der Waals surface area contributed by atoms with Crippen LogP contribution in [0.1, 0.15) is 11.1 Å². The number of benzene rings is 2. The Morgan fingerprint density at radius 3 is 2.67 bits per heavy atom. The van der Waals surface area contributed by atoms with Crippen LogP contribution in [0.15, 0.2) is 63.9 Å². The summed E-state index contributed by atoms with van der Waals surface area (Å²) < 4.78 is 2.19. The van der Waals surface area contributed by atoms with Crippen LogP contribution < -0.4 is 10.9 Å². The summed E-state index contributed by atoms with van der Waals surface area (Å²) in [5.74, 6) is -0.0896. The van der Waals surface area contributed by atoms with Crippen molar-refractivity contribution in [3.05, 3.63) is 80.4 Å². The van der Waals surface area contributed by atoms with E-state index in [1.807, 2.05) is 37.4 Å². The number of rotatable bonds is 5. The van der Waals surface area contributed by atoms with Crippen LogP contribution in [0.25, 0.3) is 15.9 Å². The molecule has 0 unspecified atom stereocenters. The Morgan fingerprint density at radius 2 is 1.93 bits per heavy atom. The third kappa shape index (κ3) is 4.43.